The predicted octanol–water partition coefficient (Wildman–Crippen LogP) is 1.62. The number of hydrogen-bond donors (Lipinski definition) is 1. The molecule has 1 aromatic carbocycles. The lowest BCUT2D eigenvalue weighted by molar-refractivity contribution is -0.137. The van der Waals surface area contributed by atoms with Crippen molar-refractivity contribution < 1.29 is 28.9 Å². The largest absolute Gasteiger partial charge is 0.508 e. The lowest BCUT2D eigenvalue weighted by Gasteiger charge is -2.23. The van der Waals surface area contributed by atoms with Crippen LogP contribution in [0.5, 0.6) is 5.75 Å². The van der Waals surface area contributed by atoms with Crippen molar-refractivity contribution in [1.29, 1.82) is 0 Å². The van der Waals surface area contributed by atoms with Gasteiger partial charge in [-0.25, -0.2) is 9.59 Å². The van der Waals surface area contributed by atoms with Gasteiger partial charge in [-0.05, 0) is 17.7 Å². The Morgan fingerprint density at radius 2 is 1.48 bits per heavy atom. The molecule has 1 heterocycles. The molecular weight excluding hydrogens is 276 g/mol. The normalized spacial score (nSPS) is 14.6. The van der Waals surface area contributed by atoms with E-state index < -0.39 is 17.9 Å². The van der Waals surface area contributed by atoms with Crippen molar-refractivity contribution in [1.82, 2.24) is 0 Å². The Labute approximate surface area is 121 Å². The minimum atomic E-state index is -0.681. The predicted molar refractivity (Wildman–Crippen MR) is 72.1 cm³/mol. The maximum Gasteiger partial charge on any atom is 0.337 e. The summed E-state index contributed by atoms with van der Waals surface area (Å²) in [5.74, 6) is -1.82. The minimum Gasteiger partial charge on any atom is -0.508 e. The van der Waals surface area contributed by atoms with Crippen LogP contribution in [-0.4, -0.2) is 31.3 Å². The van der Waals surface area contributed by atoms with Gasteiger partial charge in [0.2, 0.25) is 0 Å². The summed E-state index contributed by atoms with van der Waals surface area (Å²) in [6.07, 6.45) is 2.46. The van der Waals surface area contributed by atoms with Crippen molar-refractivity contribution in [3.8, 4) is 5.75 Å². The second-order valence-corrected chi connectivity index (χ2v) is 4.29. The van der Waals surface area contributed by atoms with E-state index in [1.54, 1.807) is 12.1 Å². The number of phenols is 1. The number of carbonyl (C=O) groups excluding carboxylic acids is 2. The molecule has 0 bridgehead atoms. The highest BCUT2D eigenvalue weighted by molar-refractivity contribution is 5.98. The van der Waals surface area contributed by atoms with Crippen LogP contribution in [0.15, 0.2) is 47.9 Å². The molecule has 1 aliphatic rings. The fourth-order valence-electron chi connectivity index (χ4n) is 2.08. The summed E-state index contributed by atoms with van der Waals surface area (Å²) in [5, 5.41) is 9.36. The van der Waals surface area contributed by atoms with Gasteiger partial charge in [0.25, 0.3) is 0 Å². The Balaban J connectivity index is 2.49. The van der Waals surface area contributed by atoms with E-state index in [-0.39, 0.29) is 16.9 Å². The molecule has 6 nitrogen and oxygen atoms in total. The highest BCUT2D eigenvalue weighted by Gasteiger charge is 2.34. The summed E-state index contributed by atoms with van der Waals surface area (Å²) < 4.78 is 14.5. The number of rotatable bonds is 3. The fraction of sp³-hybridized carbons (Fsp3) is 0.200. The van der Waals surface area contributed by atoms with Crippen LogP contribution in [-0.2, 0) is 23.8 Å². The smallest absolute Gasteiger partial charge is 0.337 e. The SMILES string of the molecule is COC(=O)C1=COC=C(C(=O)OC)C1c1ccc(O)cc1. The molecule has 2 rings (SSSR count). The first-order chi connectivity index (χ1) is 10.1. The first-order valence-electron chi connectivity index (χ1n) is 6.09. The van der Waals surface area contributed by atoms with Gasteiger partial charge < -0.3 is 19.3 Å². The molecular formula is C15H14O6. The average Bonchev–Trinajstić information content (AvgIpc) is 2.53. The molecule has 1 aliphatic heterocycles. The van der Waals surface area contributed by atoms with E-state index in [0.29, 0.717) is 5.56 Å². The standard InChI is InChI=1S/C15H14O6/c1-19-14(17)11-7-21-8-12(15(18)20-2)13(11)9-3-5-10(16)6-4-9/h3-8,13,16H,1-2H3. The molecule has 1 N–H and O–H groups in total. The summed E-state index contributed by atoms with van der Waals surface area (Å²) in [5.41, 5.74) is 0.974. The Hall–Kier alpha value is -2.76. The van der Waals surface area contributed by atoms with Crippen LogP contribution in [0.4, 0.5) is 0 Å². The minimum absolute atomic E-state index is 0.0815. The molecule has 0 unspecified atom stereocenters. The summed E-state index contributed by atoms with van der Waals surface area (Å²) in [6.45, 7) is 0. The van der Waals surface area contributed by atoms with Crippen LogP contribution < -0.4 is 0 Å². The van der Waals surface area contributed by atoms with Crippen LogP contribution in [0.1, 0.15) is 11.5 Å². The third kappa shape index (κ3) is 2.89. The van der Waals surface area contributed by atoms with Gasteiger partial charge in [0.1, 0.15) is 18.3 Å². The van der Waals surface area contributed by atoms with Crippen molar-refractivity contribution in [2.75, 3.05) is 14.2 Å². The van der Waals surface area contributed by atoms with Gasteiger partial charge in [0.15, 0.2) is 0 Å². The van der Waals surface area contributed by atoms with Gasteiger partial charge in [0, 0.05) is 0 Å². The summed E-state index contributed by atoms with van der Waals surface area (Å²) >= 11 is 0. The first kappa shape index (κ1) is 14.6. The van der Waals surface area contributed by atoms with E-state index in [0.717, 1.165) is 0 Å². The van der Waals surface area contributed by atoms with Crippen LogP contribution in [0, 0.1) is 0 Å². The quantitative estimate of drug-likeness (QED) is 0.852. The van der Waals surface area contributed by atoms with E-state index in [4.69, 9.17) is 14.2 Å². The molecule has 0 saturated carbocycles. The molecule has 0 atom stereocenters. The number of methoxy groups -OCH3 is 2. The van der Waals surface area contributed by atoms with Crippen molar-refractivity contribution in [3.63, 3.8) is 0 Å². The van der Waals surface area contributed by atoms with Gasteiger partial charge in [-0.2, -0.15) is 0 Å². The number of ether oxygens (including phenoxy) is 3. The van der Waals surface area contributed by atoms with Crippen molar-refractivity contribution >= 4 is 11.9 Å². The third-order valence-corrected chi connectivity index (χ3v) is 3.08. The zero-order chi connectivity index (χ0) is 15.4. The molecule has 0 saturated heterocycles. The van der Waals surface area contributed by atoms with E-state index in [1.165, 1.54) is 38.9 Å². The Morgan fingerprint density at radius 1 is 1.00 bits per heavy atom. The van der Waals surface area contributed by atoms with Crippen LogP contribution >= 0.6 is 0 Å². The zero-order valence-corrected chi connectivity index (χ0v) is 11.5. The van der Waals surface area contributed by atoms with Crippen LogP contribution in [0.25, 0.3) is 0 Å². The van der Waals surface area contributed by atoms with Crippen molar-refractivity contribution in [2.45, 2.75) is 5.92 Å². The Bertz CT molecular complexity index is 580. The fourth-order valence-corrected chi connectivity index (χ4v) is 2.08. The second kappa shape index (κ2) is 6.13. The average molecular weight is 290 g/mol. The first-order valence-corrected chi connectivity index (χ1v) is 6.09. The Morgan fingerprint density at radius 3 is 1.90 bits per heavy atom. The number of carbonyl (C=O) groups is 2. The topological polar surface area (TPSA) is 82.1 Å². The lowest BCUT2D eigenvalue weighted by atomic mass is 9.84. The van der Waals surface area contributed by atoms with E-state index >= 15 is 0 Å². The van der Waals surface area contributed by atoms with Crippen molar-refractivity contribution in [3.05, 3.63) is 53.5 Å². The molecule has 0 radical (unpaired) electrons. The van der Waals surface area contributed by atoms with Gasteiger partial charge in [0.05, 0.1) is 31.3 Å². The molecule has 110 valence electrons. The lowest BCUT2D eigenvalue weighted by Crippen LogP contribution is -2.23. The summed E-state index contributed by atoms with van der Waals surface area (Å²) in [7, 11) is 2.49. The molecule has 0 fully saturated rings. The molecule has 0 aromatic heterocycles. The number of hydrogen-bond acceptors (Lipinski definition) is 6. The number of phenolic OH excluding ortho intramolecular Hbond substituents is 1. The van der Waals surface area contributed by atoms with Crippen LogP contribution in [0.3, 0.4) is 0 Å². The third-order valence-electron chi connectivity index (χ3n) is 3.08. The Kier molecular flexibility index (Phi) is 4.27. The highest BCUT2D eigenvalue weighted by Crippen LogP contribution is 2.36. The zero-order valence-electron chi connectivity index (χ0n) is 11.5. The molecule has 6 heteroatoms. The molecule has 1 aromatic rings. The maximum atomic E-state index is 11.9. The van der Waals surface area contributed by atoms with Crippen molar-refractivity contribution in [2.24, 2.45) is 0 Å². The van der Waals surface area contributed by atoms with E-state index in [9.17, 15) is 14.7 Å². The highest BCUT2D eigenvalue weighted by atomic mass is 16.5. The number of esters is 2. The second-order valence-electron chi connectivity index (χ2n) is 4.29. The summed E-state index contributed by atoms with van der Waals surface area (Å²) in [6, 6.07) is 6.15. The summed E-state index contributed by atoms with van der Waals surface area (Å²) in [4.78, 5) is 23.7. The number of benzene rings is 1. The van der Waals surface area contributed by atoms with Crippen LogP contribution in [0.2, 0.25) is 0 Å². The van der Waals surface area contributed by atoms with E-state index in [2.05, 4.69) is 0 Å². The van der Waals surface area contributed by atoms with Gasteiger partial charge >= 0.3 is 11.9 Å². The molecule has 0 spiro atoms. The van der Waals surface area contributed by atoms with Gasteiger partial charge in [-0.15, -0.1) is 0 Å². The van der Waals surface area contributed by atoms with E-state index in [1.807, 2.05) is 0 Å². The molecule has 0 aliphatic carbocycles. The van der Waals surface area contributed by atoms with Gasteiger partial charge in [-0.3, -0.25) is 0 Å². The maximum absolute atomic E-state index is 11.9. The molecule has 21 heavy (non-hydrogen) atoms. The van der Waals surface area contributed by atoms with Gasteiger partial charge in [-0.1, -0.05) is 12.1 Å². The molecule has 0 amide bonds. The monoisotopic (exact) mass is 290 g/mol. The number of aromatic hydroxyl groups is 1.